The van der Waals surface area contributed by atoms with Gasteiger partial charge in [0.2, 0.25) is 0 Å². The van der Waals surface area contributed by atoms with Gasteiger partial charge in [-0.1, -0.05) is 212 Å². The van der Waals surface area contributed by atoms with Gasteiger partial charge in [0, 0.05) is 38.9 Å². The zero-order chi connectivity index (χ0) is 40.1. The van der Waals surface area contributed by atoms with Crippen LogP contribution in [0.25, 0.3) is 101 Å². The van der Waals surface area contributed by atoms with E-state index in [0.717, 1.165) is 84.0 Å². The van der Waals surface area contributed by atoms with Crippen LogP contribution in [0, 0.1) is 0 Å². The lowest BCUT2D eigenvalue weighted by Gasteiger charge is -2.16. The van der Waals surface area contributed by atoms with Gasteiger partial charge in [-0.05, 0) is 34.4 Å². The SMILES string of the molecule is c1ccc(-c2nc(-c3ccccc3)nc(-c3cccc(-c4cccc(-c5ccc(-c6nc(-c7ccccc7)c(-c7ccccc7)nc6-c6ccccc6)cc5)c4)c3)n2)cc1. The van der Waals surface area contributed by atoms with E-state index in [4.69, 9.17) is 24.9 Å². The predicted molar refractivity (Wildman–Crippen MR) is 244 cm³/mol. The average Bonchev–Trinajstić information content (AvgIpc) is 3.35. The van der Waals surface area contributed by atoms with Crippen LogP contribution in [-0.4, -0.2) is 24.9 Å². The normalized spacial score (nSPS) is 11.0. The Balaban J connectivity index is 1.01. The van der Waals surface area contributed by atoms with Gasteiger partial charge in [0.05, 0.1) is 22.8 Å². The Kier molecular flexibility index (Phi) is 9.88. The molecule has 0 fully saturated rings. The summed E-state index contributed by atoms with van der Waals surface area (Å²) in [6, 6.07) is 76.9. The Bertz CT molecular complexity index is 2990. The van der Waals surface area contributed by atoms with Gasteiger partial charge in [-0.2, -0.15) is 0 Å². The van der Waals surface area contributed by atoms with Crippen molar-refractivity contribution in [2.24, 2.45) is 0 Å². The second kappa shape index (κ2) is 16.4. The molecule has 0 N–H and O–H groups in total. The first-order valence-electron chi connectivity index (χ1n) is 20.0. The summed E-state index contributed by atoms with van der Waals surface area (Å²) >= 11 is 0. The maximum absolute atomic E-state index is 5.42. The summed E-state index contributed by atoms with van der Waals surface area (Å²) in [5, 5.41) is 0. The molecule has 8 aromatic carbocycles. The van der Waals surface area contributed by atoms with E-state index in [1.165, 1.54) is 0 Å². The molecule has 60 heavy (non-hydrogen) atoms. The highest BCUT2D eigenvalue weighted by molar-refractivity contribution is 5.87. The second-order valence-corrected chi connectivity index (χ2v) is 14.5. The number of benzene rings is 8. The summed E-state index contributed by atoms with van der Waals surface area (Å²) in [4.78, 5) is 25.6. The molecule has 0 aliphatic rings. The van der Waals surface area contributed by atoms with Crippen LogP contribution in [0.4, 0.5) is 0 Å². The first-order chi connectivity index (χ1) is 29.7. The van der Waals surface area contributed by atoms with Crippen molar-refractivity contribution in [1.29, 1.82) is 0 Å². The Hall–Kier alpha value is -8.15. The average molecular weight is 768 g/mol. The number of aromatic nitrogens is 5. The van der Waals surface area contributed by atoms with Gasteiger partial charge >= 0.3 is 0 Å². The minimum atomic E-state index is 0.626. The van der Waals surface area contributed by atoms with E-state index in [0.29, 0.717) is 17.5 Å². The molecule has 5 heteroatoms. The molecule has 10 aromatic rings. The van der Waals surface area contributed by atoms with Crippen LogP contribution in [0.5, 0.6) is 0 Å². The molecule has 282 valence electrons. The zero-order valence-corrected chi connectivity index (χ0v) is 32.6. The Morgan fingerprint density at radius 1 is 0.167 bits per heavy atom. The molecule has 0 aliphatic heterocycles. The molecule has 0 saturated carbocycles. The van der Waals surface area contributed by atoms with Crippen molar-refractivity contribution >= 4 is 0 Å². The molecule has 0 radical (unpaired) electrons. The number of rotatable bonds is 9. The van der Waals surface area contributed by atoms with E-state index < -0.39 is 0 Å². The summed E-state index contributed by atoms with van der Waals surface area (Å²) < 4.78 is 0. The summed E-state index contributed by atoms with van der Waals surface area (Å²) in [5.41, 5.74) is 14.6. The van der Waals surface area contributed by atoms with Crippen LogP contribution >= 0.6 is 0 Å². The Labute approximate surface area is 349 Å². The molecule has 0 saturated heterocycles. The molecule has 0 bridgehead atoms. The molecule has 10 rings (SSSR count). The van der Waals surface area contributed by atoms with Crippen LogP contribution in [0.2, 0.25) is 0 Å². The number of hydrogen-bond donors (Lipinski definition) is 0. The van der Waals surface area contributed by atoms with Gasteiger partial charge in [-0.3, -0.25) is 0 Å². The van der Waals surface area contributed by atoms with E-state index in [9.17, 15) is 0 Å². The van der Waals surface area contributed by atoms with Crippen molar-refractivity contribution in [2.45, 2.75) is 0 Å². The van der Waals surface area contributed by atoms with E-state index in [1.54, 1.807) is 0 Å². The smallest absolute Gasteiger partial charge is 0.164 e. The van der Waals surface area contributed by atoms with E-state index in [-0.39, 0.29) is 0 Å². The van der Waals surface area contributed by atoms with Crippen LogP contribution in [0.1, 0.15) is 0 Å². The van der Waals surface area contributed by atoms with Gasteiger partial charge in [-0.25, -0.2) is 24.9 Å². The molecule has 2 heterocycles. The molecular weight excluding hydrogens is 731 g/mol. The maximum Gasteiger partial charge on any atom is 0.164 e. The van der Waals surface area contributed by atoms with Gasteiger partial charge in [-0.15, -0.1) is 0 Å². The summed E-state index contributed by atoms with van der Waals surface area (Å²) in [6.45, 7) is 0. The number of hydrogen-bond acceptors (Lipinski definition) is 5. The highest BCUT2D eigenvalue weighted by atomic mass is 15.0. The van der Waals surface area contributed by atoms with Gasteiger partial charge in [0.1, 0.15) is 0 Å². The maximum atomic E-state index is 5.42. The van der Waals surface area contributed by atoms with Crippen LogP contribution in [-0.2, 0) is 0 Å². The Morgan fingerprint density at radius 3 is 0.800 bits per heavy atom. The minimum absolute atomic E-state index is 0.626. The minimum Gasteiger partial charge on any atom is -0.243 e. The van der Waals surface area contributed by atoms with E-state index in [1.807, 2.05) is 115 Å². The van der Waals surface area contributed by atoms with Crippen LogP contribution in [0.15, 0.2) is 224 Å². The van der Waals surface area contributed by atoms with Gasteiger partial charge < -0.3 is 0 Å². The van der Waals surface area contributed by atoms with Gasteiger partial charge in [0.15, 0.2) is 17.5 Å². The topological polar surface area (TPSA) is 64.5 Å². The predicted octanol–water partition coefficient (Wildman–Crippen LogP) is 13.7. The summed E-state index contributed by atoms with van der Waals surface area (Å²) in [6.07, 6.45) is 0. The van der Waals surface area contributed by atoms with Crippen molar-refractivity contribution in [3.8, 4) is 101 Å². The van der Waals surface area contributed by atoms with E-state index in [2.05, 4.69) is 109 Å². The fraction of sp³-hybridized carbons (Fsp3) is 0. The van der Waals surface area contributed by atoms with Crippen molar-refractivity contribution in [3.63, 3.8) is 0 Å². The van der Waals surface area contributed by atoms with Crippen molar-refractivity contribution in [1.82, 2.24) is 24.9 Å². The van der Waals surface area contributed by atoms with Crippen molar-refractivity contribution in [3.05, 3.63) is 224 Å². The third kappa shape index (κ3) is 7.51. The fourth-order valence-corrected chi connectivity index (χ4v) is 7.50. The highest BCUT2D eigenvalue weighted by Gasteiger charge is 2.20. The highest BCUT2D eigenvalue weighted by Crippen LogP contribution is 2.38. The summed E-state index contributed by atoms with van der Waals surface area (Å²) in [7, 11) is 0. The second-order valence-electron chi connectivity index (χ2n) is 14.5. The summed E-state index contributed by atoms with van der Waals surface area (Å²) in [5.74, 6) is 1.91. The van der Waals surface area contributed by atoms with Crippen molar-refractivity contribution < 1.29 is 0 Å². The first kappa shape index (κ1) is 36.2. The largest absolute Gasteiger partial charge is 0.243 e. The molecule has 5 nitrogen and oxygen atoms in total. The van der Waals surface area contributed by atoms with E-state index >= 15 is 0 Å². The lowest BCUT2D eigenvalue weighted by Crippen LogP contribution is -2.00. The van der Waals surface area contributed by atoms with Crippen molar-refractivity contribution in [2.75, 3.05) is 0 Å². The standard InChI is InChI=1S/C55H37N5/c1-6-18-39(19-7-1)49-50(40-20-8-2-9-21-40)57-52(51(56-49)41-22-10-3-11-23-41)42-34-32-38(33-35-42)45-28-16-29-46(36-45)47-30-17-31-48(37-47)55-59-53(43-24-12-4-13-25-43)58-54(60-55)44-26-14-5-15-27-44/h1-37H. The molecular formula is C55H37N5. The lowest BCUT2D eigenvalue weighted by atomic mass is 9.96. The molecule has 0 unspecified atom stereocenters. The third-order valence-corrected chi connectivity index (χ3v) is 10.5. The Morgan fingerprint density at radius 2 is 0.417 bits per heavy atom. The zero-order valence-electron chi connectivity index (χ0n) is 32.6. The molecule has 0 aliphatic carbocycles. The lowest BCUT2D eigenvalue weighted by molar-refractivity contribution is 1.07. The van der Waals surface area contributed by atoms with Crippen LogP contribution in [0.3, 0.4) is 0 Å². The number of nitrogens with zero attached hydrogens (tertiary/aromatic N) is 5. The van der Waals surface area contributed by atoms with Crippen LogP contribution < -0.4 is 0 Å². The monoisotopic (exact) mass is 767 g/mol. The molecule has 2 aromatic heterocycles. The molecule has 0 spiro atoms. The first-order valence-corrected chi connectivity index (χ1v) is 20.0. The quantitative estimate of drug-likeness (QED) is 0.146. The fourth-order valence-electron chi connectivity index (χ4n) is 7.50. The molecule has 0 atom stereocenters. The van der Waals surface area contributed by atoms with Gasteiger partial charge in [0.25, 0.3) is 0 Å². The molecule has 0 amide bonds. The third-order valence-electron chi connectivity index (χ3n) is 10.5.